The van der Waals surface area contributed by atoms with Gasteiger partial charge in [-0.1, -0.05) is 48.5 Å². The fourth-order valence-corrected chi connectivity index (χ4v) is 3.12. The van der Waals surface area contributed by atoms with Crippen molar-refractivity contribution in [3.8, 4) is 0 Å². The molecule has 0 bridgehead atoms. The van der Waals surface area contributed by atoms with E-state index < -0.39 is 12.1 Å². The lowest BCUT2D eigenvalue weighted by atomic mass is 10.0. The van der Waals surface area contributed by atoms with Crippen molar-refractivity contribution in [3.63, 3.8) is 0 Å². The molecule has 3 rings (SSSR count). The zero-order chi connectivity index (χ0) is 19.1. The van der Waals surface area contributed by atoms with Gasteiger partial charge in [0.15, 0.2) is 0 Å². The molecule has 1 atom stereocenters. The molecule has 2 aromatic rings. The maximum absolute atomic E-state index is 13.4. The molecule has 1 aliphatic rings. The highest BCUT2D eigenvalue weighted by molar-refractivity contribution is 6.13. The van der Waals surface area contributed by atoms with Crippen LogP contribution in [0, 0.1) is 0 Å². The highest BCUT2D eigenvalue weighted by atomic mass is 16.2. The molecule has 4 amide bonds. The maximum atomic E-state index is 13.4. The third-order valence-electron chi connectivity index (χ3n) is 4.39. The van der Waals surface area contributed by atoms with Gasteiger partial charge < -0.3 is 15.5 Å². The normalized spacial score (nSPS) is 16.4. The molecule has 1 aliphatic heterocycles. The molecule has 1 unspecified atom stereocenters. The van der Waals surface area contributed by atoms with Gasteiger partial charge in [0.1, 0.15) is 0 Å². The van der Waals surface area contributed by atoms with Crippen molar-refractivity contribution < 1.29 is 14.4 Å². The number of hydrogen-bond acceptors (Lipinski definition) is 4. The Bertz CT molecular complexity index is 782. The molecule has 0 aromatic heterocycles. The number of rotatable bonds is 4. The van der Waals surface area contributed by atoms with Crippen LogP contribution in [0.4, 0.5) is 15.3 Å². The summed E-state index contributed by atoms with van der Waals surface area (Å²) in [4.78, 5) is 39.2. The van der Waals surface area contributed by atoms with Crippen LogP contribution in [0.25, 0.3) is 0 Å². The second-order valence-corrected chi connectivity index (χ2v) is 6.08. The Morgan fingerprint density at radius 3 is 2.44 bits per heavy atom. The van der Waals surface area contributed by atoms with E-state index in [2.05, 4.69) is 10.6 Å². The van der Waals surface area contributed by atoms with Crippen molar-refractivity contribution in [2.45, 2.75) is 6.04 Å². The minimum atomic E-state index is -0.653. The van der Waals surface area contributed by atoms with Gasteiger partial charge in [-0.25, -0.2) is 14.5 Å². The Morgan fingerprint density at radius 2 is 1.78 bits per heavy atom. The zero-order valence-corrected chi connectivity index (χ0v) is 14.8. The Balaban J connectivity index is 1.91. The molecular weight excluding hydrogens is 344 g/mol. The molecule has 1 radical (unpaired) electrons. The third kappa shape index (κ3) is 4.32. The van der Waals surface area contributed by atoms with Gasteiger partial charge >= 0.3 is 12.1 Å². The monoisotopic (exact) mass is 365 g/mol. The first-order valence-electron chi connectivity index (χ1n) is 8.76. The topological polar surface area (TPSA) is 81.8 Å². The zero-order valence-electron chi connectivity index (χ0n) is 14.8. The number of benzene rings is 2. The van der Waals surface area contributed by atoms with Gasteiger partial charge in [0.2, 0.25) is 6.29 Å². The molecule has 139 valence electrons. The molecule has 0 aliphatic carbocycles. The number of nitrogens with zero attached hydrogens (tertiary/aromatic N) is 2. The molecule has 1 saturated heterocycles. The summed E-state index contributed by atoms with van der Waals surface area (Å²) < 4.78 is 0. The van der Waals surface area contributed by atoms with E-state index in [4.69, 9.17) is 0 Å². The fourth-order valence-electron chi connectivity index (χ4n) is 3.12. The van der Waals surface area contributed by atoms with Gasteiger partial charge in [0.25, 0.3) is 0 Å². The van der Waals surface area contributed by atoms with E-state index in [1.807, 2.05) is 30.3 Å². The van der Waals surface area contributed by atoms with Crippen molar-refractivity contribution in [1.82, 2.24) is 15.5 Å². The van der Waals surface area contributed by atoms with E-state index in [0.29, 0.717) is 25.3 Å². The van der Waals surface area contributed by atoms with E-state index in [1.54, 1.807) is 41.5 Å². The number of piperazine rings is 1. The lowest BCUT2D eigenvalue weighted by Crippen LogP contribution is -2.56. The van der Waals surface area contributed by atoms with Crippen LogP contribution in [0.1, 0.15) is 11.6 Å². The molecule has 2 aromatic carbocycles. The molecule has 1 fully saturated rings. The number of carbonyl (C=O) groups is 2. The molecular formula is C20H21N4O3. The number of anilines is 1. The van der Waals surface area contributed by atoms with Gasteiger partial charge in [-0.3, -0.25) is 4.79 Å². The second kappa shape index (κ2) is 8.95. The van der Waals surface area contributed by atoms with Gasteiger partial charge in [0.05, 0.1) is 18.3 Å². The van der Waals surface area contributed by atoms with Crippen molar-refractivity contribution in [1.29, 1.82) is 0 Å². The van der Waals surface area contributed by atoms with Crippen molar-refractivity contribution in [3.05, 3.63) is 66.2 Å². The smallest absolute Gasteiger partial charge is 0.330 e. The largest absolute Gasteiger partial charge is 0.333 e. The molecule has 7 heteroatoms. The number of imide groups is 1. The SMILES string of the molecule is O=[C]CNC(=O)N(C(=O)N1CCNCC1c1ccccc1)c1ccccc1. The van der Waals surface area contributed by atoms with E-state index in [1.165, 1.54) is 0 Å². The summed E-state index contributed by atoms with van der Waals surface area (Å²) in [5, 5.41) is 5.70. The van der Waals surface area contributed by atoms with E-state index >= 15 is 0 Å². The van der Waals surface area contributed by atoms with Crippen LogP contribution in [0.5, 0.6) is 0 Å². The highest BCUT2D eigenvalue weighted by Crippen LogP contribution is 2.25. The van der Waals surface area contributed by atoms with Gasteiger partial charge in [-0.15, -0.1) is 0 Å². The lowest BCUT2D eigenvalue weighted by molar-refractivity contribution is 0.164. The van der Waals surface area contributed by atoms with Crippen LogP contribution < -0.4 is 15.5 Å². The van der Waals surface area contributed by atoms with E-state index in [-0.39, 0.29) is 12.6 Å². The highest BCUT2D eigenvalue weighted by Gasteiger charge is 2.34. The summed E-state index contributed by atoms with van der Waals surface area (Å²) in [6, 6.07) is 17.1. The summed E-state index contributed by atoms with van der Waals surface area (Å²) in [5.41, 5.74) is 1.43. The number of nitrogens with one attached hydrogen (secondary N) is 2. The minimum absolute atomic E-state index is 0.191. The van der Waals surface area contributed by atoms with Crippen LogP contribution in [-0.4, -0.2) is 49.4 Å². The predicted octanol–water partition coefficient (Wildman–Crippen LogP) is 2.08. The van der Waals surface area contributed by atoms with Crippen molar-refractivity contribution in [2.24, 2.45) is 0 Å². The summed E-state index contributed by atoms with van der Waals surface area (Å²) >= 11 is 0. The molecule has 0 spiro atoms. The Kier molecular flexibility index (Phi) is 6.17. The summed E-state index contributed by atoms with van der Waals surface area (Å²) in [6.07, 6.45) is 1.61. The fraction of sp³-hybridized carbons (Fsp3) is 0.250. The first-order chi connectivity index (χ1) is 13.2. The number of amides is 4. The van der Waals surface area contributed by atoms with E-state index in [9.17, 15) is 14.4 Å². The van der Waals surface area contributed by atoms with Gasteiger partial charge in [-0.2, -0.15) is 0 Å². The molecule has 2 N–H and O–H groups in total. The molecule has 0 saturated carbocycles. The van der Waals surface area contributed by atoms with Crippen LogP contribution in [0.2, 0.25) is 0 Å². The van der Waals surface area contributed by atoms with Crippen LogP contribution >= 0.6 is 0 Å². The second-order valence-electron chi connectivity index (χ2n) is 6.08. The molecule has 27 heavy (non-hydrogen) atoms. The number of carbonyl (C=O) groups excluding carboxylic acids is 3. The van der Waals surface area contributed by atoms with Crippen molar-refractivity contribution >= 4 is 24.0 Å². The third-order valence-corrected chi connectivity index (χ3v) is 4.39. The lowest BCUT2D eigenvalue weighted by Gasteiger charge is -2.39. The Morgan fingerprint density at radius 1 is 1.11 bits per heavy atom. The minimum Gasteiger partial charge on any atom is -0.330 e. The number of para-hydroxylation sites is 1. The number of hydrogen-bond donors (Lipinski definition) is 2. The van der Waals surface area contributed by atoms with Gasteiger partial charge in [-0.05, 0) is 17.7 Å². The first-order valence-corrected chi connectivity index (χ1v) is 8.76. The van der Waals surface area contributed by atoms with Gasteiger partial charge in [0, 0.05) is 19.6 Å². The van der Waals surface area contributed by atoms with E-state index in [0.717, 1.165) is 10.5 Å². The summed E-state index contributed by atoms with van der Waals surface area (Å²) in [5.74, 6) is 0. The average Bonchev–Trinajstić information content (AvgIpc) is 2.73. The predicted molar refractivity (Wildman–Crippen MR) is 102 cm³/mol. The summed E-state index contributed by atoms with van der Waals surface area (Å²) in [7, 11) is 0. The van der Waals surface area contributed by atoms with Crippen LogP contribution in [0.3, 0.4) is 0 Å². The summed E-state index contributed by atoms with van der Waals surface area (Å²) in [6.45, 7) is 1.43. The standard InChI is InChI=1S/C20H21N4O3/c25-14-12-22-19(26)24(17-9-5-2-6-10-17)20(27)23-13-11-21-15-18(23)16-7-3-1-4-8-16/h1-10,18,21H,11-13,15H2,(H,22,26). The molecule has 7 nitrogen and oxygen atoms in total. The van der Waals surface area contributed by atoms with Crippen LogP contribution in [-0.2, 0) is 4.79 Å². The average molecular weight is 365 g/mol. The van der Waals surface area contributed by atoms with Crippen molar-refractivity contribution in [2.75, 3.05) is 31.1 Å². The Hall–Kier alpha value is -3.19. The number of urea groups is 2. The maximum Gasteiger partial charge on any atom is 0.333 e. The van der Waals surface area contributed by atoms with Crippen LogP contribution in [0.15, 0.2) is 60.7 Å². The first kappa shape index (κ1) is 18.6. The molecule has 1 heterocycles. The quantitative estimate of drug-likeness (QED) is 0.869. The Labute approximate surface area is 158 Å².